The Labute approximate surface area is 105 Å². The van der Waals surface area contributed by atoms with E-state index in [4.69, 9.17) is 0 Å². The van der Waals surface area contributed by atoms with Crippen molar-refractivity contribution in [3.63, 3.8) is 0 Å². The lowest BCUT2D eigenvalue weighted by molar-refractivity contribution is 0.567. The molecule has 0 aliphatic rings. The normalized spacial score (nSPS) is 11.3. The maximum atomic E-state index is 13.0. The highest BCUT2D eigenvalue weighted by molar-refractivity contribution is 7.22. The molecule has 4 heteroatoms. The number of nitrogens with zero attached hydrogens (tertiary/aromatic N) is 1. The highest BCUT2D eigenvalue weighted by atomic mass is 32.1. The lowest BCUT2D eigenvalue weighted by atomic mass is 10.1. The first kappa shape index (κ1) is 12.3. The summed E-state index contributed by atoms with van der Waals surface area (Å²) in [4.78, 5) is 4.36. The number of benzene rings is 1. The van der Waals surface area contributed by atoms with Crippen molar-refractivity contribution < 1.29 is 4.39 Å². The molecule has 2 rings (SSSR count). The van der Waals surface area contributed by atoms with Crippen LogP contribution in [0.25, 0.3) is 10.2 Å². The van der Waals surface area contributed by atoms with Crippen molar-refractivity contribution in [2.45, 2.75) is 26.7 Å². The molecule has 0 saturated heterocycles. The number of fused-ring (bicyclic) bond motifs is 1. The minimum atomic E-state index is -0.228. The average Bonchev–Trinajstić information content (AvgIpc) is 2.66. The molecule has 0 radical (unpaired) electrons. The molecule has 92 valence electrons. The predicted molar refractivity (Wildman–Crippen MR) is 72.1 cm³/mol. The van der Waals surface area contributed by atoms with Crippen LogP contribution in [0.1, 0.15) is 26.7 Å². The van der Waals surface area contributed by atoms with Crippen LogP contribution >= 0.6 is 11.3 Å². The van der Waals surface area contributed by atoms with Gasteiger partial charge in [-0.15, -0.1) is 0 Å². The van der Waals surface area contributed by atoms with Crippen LogP contribution < -0.4 is 5.32 Å². The van der Waals surface area contributed by atoms with Gasteiger partial charge in [-0.1, -0.05) is 25.2 Å². The number of aromatic nitrogens is 1. The molecule has 0 bridgehead atoms. The molecule has 0 atom stereocenters. The molecule has 2 aromatic rings. The highest BCUT2D eigenvalue weighted by Gasteiger charge is 2.04. The SMILES string of the molecule is CC(C)CCCNc1nc2cc(F)ccc2s1. The van der Waals surface area contributed by atoms with Crippen LogP contribution in [0.5, 0.6) is 0 Å². The van der Waals surface area contributed by atoms with Crippen LogP contribution in [0.4, 0.5) is 9.52 Å². The minimum Gasteiger partial charge on any atom is -0.361 e. The van der Waals surface area contributed by atoms with Crippen molar-refractivity contribution >= 4 is 26.7 Å². The smallest absolute Gasteiger partial charge is 0.183 e. The summed E-state index contributed by atoms with van der Waals surface area (Å²) in [5.41, 5.74) is 0.737. The van der Waals surface area contributed by atoms with E-state index in [0.29, 0.717) is 0 Å². The molecule has 1 aromatic carbocycles. The summed E-state index contributed by atoms with van der Waals surface area (Å²) in [6, 6.07) is 4.73. The van der Waals surface area contributed by atoms with E-state index in [-0.39, 0.29) is 5.82 Å². The molecular weight excluding hydrogens is 235 g/mol. The monoisotopic (exact) mass is 252 g/mol. The Kier molecular flexibility index (Phi) is 3.94. The summed E-state index contributed by atoms with van der Waals surface area (Å²) < 4.78 is 14.0. The fraction of sp³-hybridized carbons (Fsp3) is 0.462. The largest absolute Gasteiger partial charge is 0.361 e. The van der Waals surface area contributed by atoms with Crippen molar-refractivity contribution in [2.24, 2.45) is 5.92 Å². The third-order valence-electron chi connectivity index (χ3n) is 2.58. The van der Waals surface area contributed by atoms with Gasteiger partial charge in [-0.3, -0.25) is 0 Å². The number of anilines is 1. The lowest BCUT2D eigenvalue weighted by Crippen LogP contribution is -2.02. The maximum absolute atomic E-state index is 13.0. The molecule has 2 nitrogen and oxygen atoms in total. The molecule has 17 heavy (non-hydrogen) atoms. The fourth-order valence-corrected chi connectivity index (χ4v) is 2.55. The van der Waals surface area contributed by atoms with Gasteiger partial charge in [0, 0.05) is 12.6 Å². The standard InChI is InChI=1S/C13H17FN2S/c1-9(2)4-3-7-15-13-16-11-8-10(14)5-6-12(11)17-13/h5-6,8-9H,3-4,7H2,1-2H3,(H,15,16). The first-order chi connectivity index (χ1) is 8.15. The topological polar surface area (TPSA) is 24.9 Å². The van der Waals surface area contributed by atoms with E-state index in [0.717, 1.165) is 34.2 Å². The van der Waals surface area contributed by atoms with Crippen LogP contribution in [-0.2, 0) is 0 Å². The Morgan fingerprint density at radius 3 is 3.00 bits per heavy atom. The quantitative estimate of drug-likeness (QED) is 0.803. The van der Waals surface area contributed by atoms with Crippen LogP contribution in [0.3, 0.4) is 0 Å². The van der Waals surface area contributed by atoms with Crippen molar-refractivity contribution in [2.75, 3.05) is 11.9 Å². The molecule has 0 amide bonds. The Hall–Kier alpha value is -1.16. The van der Waals surface area contributed by atoms with E-state index in [2.05, 4.69) is 24.1 Å². The highest BCUT2D eigenvalue weighted by Crippen LogP contribution is 2.26. The minimum absolute atomic E-state index is 0.228. The summed E-state index contributed by atoms with van der Waals surface area (Å²) >= 11 is 1.58. The molecular formula is C13H17FN2S. The zero-order valence-electron chi connectivity index (χ0n) is 10.2. The van der Waals surface area contributed by atoms with Crippen molar-refractivity contribution in [3.8, 4) is 0 Å². The van der Waals surface area contributed by atoms with E-state index in [1.165, 1.54) is 18.6 Å². The Morgan fingerprint density at radius 2 is 2.24 bits per heavy atom. The third-order valence-corrected chi connectivity index (χ3v) is 3.58. The molecule has 0 saturated carbocycles. The summed E-state index contributed by atoms with van der Waals surface area (Å²) in [6.07, 6.45) is 2.36. The predicted octanol–water partition coefficient (Wildman–Crippen LogP) is 4.28. The average molecular weight is 252 g/mol. The summed E-state index contributed by atoms with van der Waals surface area (Å²) in [5, 5.41) is 4.18. The molecule has 1 heterocycles. The maximum Gasteiger partial charge on any atom is 0.183 e. The second-order valence-corrected chi connectivity index (χ2v) is 5.62. The van der Waals surface area contributed by atoms with E-state index >= 15 is 0 Å². The molecule has 1 N–H and O–H groups in total. The number of halogens is 1. The fourth-order valence-electron chi connectivity index (χ4n) is 1.68. The van der Waals surface area contributed by atoms with Crippen LogP contribution in [0, 0.1) is 11.7 Å². The Morgan fingerprint density at radius 1 is 1.41 bits per heavy atom. The van der Waals surface area contributed by atoms with Gasteiger partial charge >= 0.3 is 0 Å². The number of hydrogen-bond donors (Lipinski definition) is 1. The number of nitrogens with one attached hydrogen (secondary N) is 1. The molecule has 1 aromatic heterocycles. The summed E-state index contributed by atoms with van der Waals surface area (Å²) in [6.45, 7) is 5.38. The van der Waals surface area contributed by atoms with Crippen molar-refractivity contribution in [1.29, 1.82) is 0 Å². The van der Waals surface area contributed by atoms with Gasteiger partial charge in [-0.05, 0) is 30.9 Å². The molecule has 0 spiro atoms. The summed E-state index contributed by atoms with van der Waals surface area (Å²) in [5.74, 6) is 0.510. The van der Waals surface area contributed by atoms with Crippen molar-refractivity contribution in [1.82, 2.24) is 4.98 Å². The zero-order valence-corrected chi connectivity index (χ0v) is 11.0. The molecule has 0 aliphatic carbocycles. The van der Waals surface area contributed by atoms with Crippen LogP contribution in [0.2, 0.25) is 0 Å². The number of rotatable bonds is 5. The van der Waals surface area contributed by atoms with Gasteiger partial charge < -0.3 is 5.32 Å². The van der Waals surface area contributed by atoms with Crippen LogP contribution in [-0.4, -0.2) is 11.5 Å². The molecule has 0 unspecified atom stereocenters. The molecule has 0 aliphatic heterocycles. The zero-order chi connectivity index (χ0) is 12.3. The third kappa shape index (κ3) is 3.40. The van der Waals surface area contributed by atoms with E-state index < -0.39 is 0 Å². The van der Waals surface area contributed by atoms with Gasteiger partial charge in [0.2, 0.25) is 0 Å². The molecule has 0 fully saturated rings. The second-order valence-electron chi connectivity index (χ2n) is 4.59. The van der Waals surface area contributed by atoms with E-state index in [1.54, 1.807) is 17.4 Å². The van der Waals surface area contributed by atoms with Crippen molar-refractivity contribution in [3.05, 3.63) is 24.0 Å². The van der Waals surface area contributed by atoms with E-state index in [9.17, 15) is 4.39 Å². The van der Waals surface area contributed by atoms with Gasteiger partial charge in [0.15, 0.2) is 5.13 Å². The first-order valence-electron chi connectivity index (χ1n) is 5.95. The van der Waals surface area contributed by atoms with Gasteiger partial charge in [0.1, 0.15) is 5.82 Å². The van der Waals surface area contributed by atoms with Gasteiger partial charge in [0.25, 0.3) is 0 Å². The number of thiazole rings is 1. The Balaban J connectivity index is 1.95. The second kappa shape index (κ2) is 5.45. The first-order valence-corrected chi connectivity index (χ1v) is 6.77. The van der Waals surface area contributed by atoms with Crippen LogP contribution in [0.15, 0.2) is 18.2 Å². The van der Waals surface area contributed by atoms with E-state index in [1.807, 2.05) is 0 Å². The summed E-state index contributed by atoms with van der Waals surface area (Å²) in [7, 11) is 0. The Bertz CT molecular complexity index is 493. The lowest BCUT2D eigenvalue weighted by Gasteiger charge is -2.04. The number of hydrogen-bond acceptors (Lipinski definition) is 3. The van der Waals surface area contributed by atoms with Gasteiger partial charge in [-0.25, -0.2) is 9.37 Å². The van der Waals surface area contributed by atoms with Gasteiger partial charge in [-0.2, -0.15) is 0 Å². The van der Waals surface area contributed by atoms with Gasteiger partial charge in [0.05, 0.1) is 10.2 Å².